The molecule has 0 amide bonds. The molecule has 0 saturated carbocycles. The highest BCUT2D eigenvalue weighted by Crippen LogP contribution is 2.36. The molecule has 22 heavy (non-hydrogen) atoms. The minimum Gasteiger partial charge on any atom is -0.465 e. The molecule has 0 N–H and O–H groups in total. The number of azide groups is 1. The first-order chi connectivity index (χ1) is 10.7. The zero-order valence-corrected chi connectivity index (χ0v) is 13.1. The molecule has 0 bridgehead atoms. The summed E-state index contributed by atoms with van der Waals surface area (Å²) in [5, 5.41) is 4.08. The summed E-state index contributed by atoms with van der Waals surface area (Å²) in [7, 11) is 0. The smallest absolute Gasteiger partial charge is 0.320 e. The Morgan fingerprint density at radius 2 is 2.41 bits per heavy atom. The van der Waals surface area contributed by atoms with Crippen molar-refractivity contribution in [2.45, 2.75) is 31.8 Å². The topological polar surface area (TPSA) is 91.2 Å². The summed E-state index contributed by atoms with van der Waals surface area (Å²) in [6.07, 6.45) is 3.45. The van der Waals surface area contributed by atoms with Gasteiger partial charge in [0.25, 0.3) is 0 Å². The van der Waals surface area contributed by atoms with Crippen molar-refractivity contribution >= 4 is 17.6 Å². The van der Waals surface area contributed by atoms with Crippen LogP contribution in [0.2, 0.25) is 5.15 Å². The van der Waals surface area contributed by atoms with Crippen LogP contribution >= 0.6 is 11.6 Å². The Labute approximate surface area is 133 Å². The fourth-order valence-corrected chi connectivity index (χ4v) is 2.91. The highest BCUT2D eigenvalue weighted by atomic mass is 35.5. The van der Waals surface area contributed by atoms with Crippen LogP contribution in [-0.2, 0) is 9.53 Å². The largest absolute Gasteiger partial charge is 0.465 e. The number of ether oxygens (including phenoxy) is 1. The van der Waals surface area contributed by atoms with E-state index in [1.54, 1.807) is 19.2 Å². The molecule has 2 atom stereocenters. The summed E-state index contributed by atoms with van der Waals surface area (Å²) in [6.45, 7) is 2.64. The molecular formula is C14H18ClN5O2. The van der Waals surface area contributed by atoms with Gasteiger partial charge < -0.3 is 4.74 Å². The van der Waals surface area contributed by atoms with Crippen molar-refractivity contribution in [1.82, 2.24) is 9.88 Å². The molecule has 0 aliphatic carbocycles. The highest BCUT2D eigenvalue weighted by Gasteiger charge is 2.35. The van der Waals surface area contributed by atoms with Crippen molar-refractivity contribution < 1.29 is 9.53 Å². The SMILES string of the molecule is CCOC(=O)CN1C(c2ccc(Cl)nc2)CC[C@H]1CN=[N+]=[N-]. The number of pyridine rings is 1. The van der Waals surface area contributed by atoms with E-state index >= 15 is 0 Å². The van der Waals surface area contributed by atoms with Gasteiger partial charge in [0, 0.05) is 29.7 Å². The average molecular weight is 324 g/mol. The quantitative estimate of drug-likeness (QED) is 0.264. The lowest BCUT2D eigenvalue weighted by Crippen LogP contribution is -2.38. The van der Waals surface area contributed by atoms with Gasteiger partial charge in [0.1, 0.15) is 5.15 Å². The van der Waals surface area contributed by atoms with E-state index in [-0.39, 0.29) is 24.6 Å². The molecule has 118 valence electrons. The molecule has 8 heteroatoms. The Hall–Kier alpha value is -1.82. The van der Waals surface area contributed by atoms with Crippen LogP contribution in [0.15, 0.2) is 23.4 Å². The summed E-state index contributed by atoms with van der Waals surface area (Å²) in [5.41, 5.74) is 9.51. The number of carbonyl (C=O) groups excluding carboxylic acids is 1. The van der Waals surface area contributed by atoms with Gasteiger partial charge in [-0.25, -0.2) is 4.98 Å². The number of aromatic nitrogens is 1. The Kier molecular flexibility index (Phi) is 6.00. The van der Waals surface area contributed by atoms with Gasteiger partial charge in [-0.2, -0.15) is 0 Å². The van der Waals surface area contributed by atoms with Crippen LogP contribution in [0.25, 0.3) is 10.4 Å². The summed E-state index contributed by atoms with van der Waals surface area (Å²) in [4.78, 5) is 20.8. The number of nitrogens with zero attached hydrogens (tertiary/aromatic N) is 5. The van der Waals surface area contributed by atoms with E-state index in [2.05, 4.69) is 15.0 Å². The van der Waals surface area contributed by atoms with E-state index in [1.807, 2.05) is 11.0 Å². The first kappa shape index (κ1) is 16.5. The van der Waals surface area contributed by atoms with Crippen LogP contribution in [0.5, 0.6) is 0 Å². The van der Waals surface area contributed by atoms with E-state index in [0.717, 1.165) is 18.4 Å². The molecule has 0 spiro atoms. The van der Waals surface area contributed by atoms with E-state index in [1.165, 1.54) is 0 Å². The van der Waals surface area contributed by atoms with E-state index in [0.29, 0.717) is 18.3 Å². The zero-order chi connectivity index (χ0) is 15.9. The van der Waals surface area contributed by atoms with Crippen LogP contribution in [0, 0.1) is 0 Å². The van der Waals surface area contributed by atoms with Gasteiger partial charge in [0.05, 0.1) is 13.2 Å². The third-order valence-corrected chi connectivity index (χ3v) is 3.97. The fraction of sp³-hybridized carbons (Fsp3) is 0.571. The Morgan fingerprint density at radius 3 is 3.05 bits per heavy atom. The molecule has 7 nitrogen and oxygen atoms in total. The minimum atomic E-state index is -0.276. The van der Waals surface area contributed by atoms with Gasteiger partial charge in [0.15, 0.2) is 0 Å². The number of hydrogen-bond donors (Lipinski definition) is 0. The summed E-state index contributed by atoms with van der Waals surface area (Å²) in [6, 6.07) is 3.72. The molecule has 2 heterocycles. The van der Waals surface area contributed by atoms with Crippen molar-refractivity contribution in [2.75, 3.05) is 19.7 Å². The molecule has 2 rings (SSSR count). The molecule has 1 saturated heterocycles. The maximum atomic E-state index is 11.8. The first-order valence-corrected chi connectivity index (χ1v) is 7.57. The van der Waals surface area contributed by atoms with Crippen LogP contribution in [-0.4, -0.2) is 41.6 Å². The number of carbonyl (C=O) groups is 1. The highest BCUT2D eigenvalue weighted by molar-refractivity contribution is 6.29. The number of rotatable bonds is 6. The second kappa shape index (κ2) is 7.98. The van der Waals surface area contributed by atoms with Crippen LogP contribution in [0.4, 0.5) is 0 Å². The molecule has 1 unspecified atom stereocenters. The molecule has 1 fully saturated rings. The maximum absolute atomic E-state index is 11.8. The van der Waals surface area contributed by atoms with Crippen molar-refractivity contribution in [2.24, 2.45) is 5.11 Å². The second-order valence-corrected chi connectivity index (χ2v) is 5.44. The summed E-state index contributed by atoms with van der Waals surface area (Å²) < 4.78 is 5.04. The standard InChI is InChI=1S/C14H18ClN5O2/c1-2-22-14(21)9-20-11(8-18-19-16)4-5-12(20)10-3-6-13(15)17-7-10/h3,6-7,11-12H,2,4-5,8-9H2,1H3/t11-,12?/m0/s1. The van der Waals surface area contributed by atoms with Gasteiger partial charge >= 0.3 is 5.97 Å². The second-order valence-electron chi connectivity index (χ2n) is 5.05. The third kappa shape index (κ3) is 4.10. The first-order valence-electron chi connectivity index (χ1n) is 7.19. The predicted octanol–water partition coefficient (Wildman–Crippen LogP) is 3.11. The van der Waals surface area contributed by atoms with E-state index in [9.17, 15) is 4.79 Å². The van der Waals surface area contributed by atoms with Crippen molar-refractivity contribution in [3.05, 3.63) is 39.5 Å². The van der Waals surface area contributed by atoms with E-state index in [4.69, 9.17) is 21.9 Å². The third-order valence-electron chi connectivity index (χ3n) is 3.75. The summed E-state index contributed by atoms with van der Waals surface area (Å²) in [5.74, 6) is -0.276. The Bertz CT molecular complexity index is 559. The van der Waals surface area contributed by atoms with Gasteiger partial charge in [-0.1, -0.05) is 22.8 Å². The number of esters is 1. The lowest BCUT2D eigenvalue weighted by atomic mass is 10.1. The number of halogens is 1. The normalized spacial score (nSPS) is 21.4. The zero-order valence-electron chi connectivity index (χ0n) is 12.4. The lowest BCUT2D eigenvalue weighted by Gasteiger charge is -2.28. The van der Waals surface area contributed by atoms with Crippen molar-refractivity contribution in [3.63, 3.8) is 0 Å². The Balaban J connectivity index is 2.17. The van der Waals surface area contributed by atoms with Gasteiger partial charge in [-0.15, -0.1) is 0 Å². The van der Waals surface area contributed by atoms with Gasteiger partial charge in [-0.3, -0.25) is 9.69 Å². The molecule has 1 aromatic heterocycles. The van der Waals surface area contributed by atoms with Crippen LogP contribution in [0.1, 0.15) is 31.4 Å². The molecule has 0 aromatic carbocycles. The molecule has 0 radical (unpaired) electrons. The fourth-order valence-electron chi connectivity index (χ4n) is 2.80. The monoisotopic (exact) mass is 323 g/mol. The lowest BCUT2D eigenvalue weighted by molar-refractivity contribution is -0.145. The minimum absolute atomic E-state index is 0.0287. The number of hydrogen-bond acceptors (Lipinski definition) is 5. The molecule has 1 aromatic rings. The predicted molar refractivity (Wildman–Crippen MR) is 82.4 cm³/mol. The van der Waals surface area contributed by atoms with Gasteiger partial charge in [0.2, 0.25) is 0 Å². The summed E-state index contributed by atoms with van der Waals surface area (Å²) >= 11 is 5.82. The Morgan fingerprint density at radius 1 is 1.59 bits per heavy atom. The number of likely N-dealkylation sites (tertiary alicyclic amines) is 1. The van der Waals surface area contributed by atoms with E-state index < -0.39 is 0 Å². The van der Waals surface area contributed by atoms with Crippen molar-refractivity contribution in [3.8, 4) is 0 Å². The molecular weight excluding hydrogens is 306 g/mol. The van der Waals surface area contributed by atoms with Crippen LogP contribution < -0.4 is 0 Å². The van der Waals surface area contributed by atoms with Crippen LogP contribution in [0.3, 0.4) is 0 Å². The van der Waals surface area contributed by atoms with Crippen molar-refractivity contribution in [1.29, 1.82) is 0 Å². The molecule has 1 aliphatic heterocycles. The van der Waals surface area contributed by atoms with Gasteiger partial charge in [-0.05, 0) is 36.9 Å². The molecule has 1 aliphatic rings. The maximum Gasteiger partial charge on any atom is 0.320 e. The average Bonchev–Trinajstić information content (AvgIpc) is 2.89.